The molecule has 3 aromatic rings. The third-order valence-corrected chi connectivity index (χ3v) is 5.73. The normalized spacial score (nSPS) is 11.5. The maximum atomic E-state index is 13.9. The molecule has 0 aromatic heterocycles. The van der Waals surface area contributed by atoms with Gasteiger partial charge in [-0.15, -0.1) is 11.8 Å². The molecule has 1 heterocycles. The van der Waals surface area contributed by atoms with Crippen molar-refractivity contribution in [2.24, 2.45) is 0 Å². The summed E-state index contributed by atoms with van der Waals surface area (Å²) in [5, 5.41) is 11.7. The van der Waals surface area contributed by atoms with E-state index in [4.69, 9.17) is 19.5 Å². The number of nitriles is 1. The predicted octanol–water partition coefficient (Wildman–Crippen LogP) is 4.51. The lowest BCUT2D eigenvalue weighted by molar-refractivity contribution is -0.113. The molecule has 1 aliphatic heterocycles. The van der Waals surface area contributed by atoms with Crippen LogP contribution in [0, 0.1) is 17.1 Å². The maximum Gasteiger partial charge on any atom is 0.339 e. The van der Waals surface area contributed by atoms with Gasteiger partial charge in [-0.3, -0.25) is 4.79 Å². The van der Waals surface area contributed by atoms with Crippen molar-refractivity contribution in [2.45, 2.75) is 11.5 Å². The van der Waals surface area contributed by atoms with E-state index in [9.17, 15) is 14.0 Å². The van der Waals surface area contributed by atoms with Gasteiger partial charge in [0, 0.05) is 22.2 Å². The van der Waals surface area contributed by atoms with Gasteiger partial charge in [0.15, 0.2) is 11.5 Å². The first-order chi connectivity index (χ1) is 16.0. The number of fused-ring (bicyclic) bond motifs is 1. The Balaban J connectivity index is 1.36. The number of nitrogens with zero attached hydrogens (tertiary/aromatic N) is 1. The number of rotatable bonds is 7. The summed E-state index contributed by atoms with van der Waals surface area (Å²) in [5.74, 6) is -0.255. The van der Waals surface area contributed by atoms with Crippen LogP contribution in [-0.4, -0.2) is 24.4 Å². The van der Waals surface area contributed by atoms with Crippen LogP contribution in [0.4, 0.5) is 10.1 Å². The highest BCUT2D eigenvalue weighted by atomic mass is 32.2. The average Bonchev–Trinajstić information content (AvgIpc) is 3.30. The number of ether oxygens (including phenoxy) is 3. The number of hydrogen-bond donors (Lipinski definition) is 1. The zero-order valence-electron chi connectivity index (χ0n) is 17.2. The maximum absolute atomic E-state index is 13.9. The molecule has 9 heteroatoms. The minimum absolute atomic E-state index is 0.0532. The zero-order chi connectivity index (χ0) is 23.2. The smallest absolute Gasteiger partial charge is 0.339 e. The predicted molar refractivity (Wildman–Crippen MR) is 119 cm³/mol. The highest BCUT2D eigenvalue weighted by molar-refractivity contribution is 8.00. The number of nitrogens with one attached hydrogen (secondary N) is 1. The van der Waals surface area contributed by atoms with Gasteiger partial charge in [-0.2, -0.15) is 5.26 Å². The molecule has 0 spiro atoms. The summed E-state index contributed by atoms with van der Waals surface area (Å²) in [5.41, 5.74) is 1.21. The van der Waals surface area contributed by atoms with E-state index in [0.29, 0.717) is 22.1 Å². The van der Waals surface area contributed by atoms with Gasteiger partial charge in [0.25, 0.3) is 0 Å². The molecular formula is C24H17FN2O5S. The van der Waals surface area contributed by atoms with Crippen LogP contribution in [-0.2, 0) is 16.1 Å². The van der Waals surface area contributed by atoms with E-state index in [0.717, 1.165) is 6.07 Å². The second-order valence-electron chi connectivity index (χ2n) is 6.90. The van der Waals surface area contributed by atoms with Crippen molar-refractivity contribution in [1.82, 2.24) is 0 Å². The molecule has 4 rings (SSSR count). The topological polar surface area (TPSA) is 97.7 Å². The highest BCUT2D eigenvalue weighted by Crippen LogP contribution is 2.34. The lowest BCUT2D eigenvalue weighted by Crippen LogP contribution is -2.14. The molecule has 0 aliphatic carbocycles. The number of hydrogen-bond acceptors (Lipinski definition) is 7. The molecule has 33 heavy (non-hydrogen) atoms. The van der Waals surface area contributed by atoms with Gasteiger partial charge in [-0.25, -0.2) is 9.18 Å². The molecule has 0 atom stereocenters. The second-order valence-corrected chi connectivity index (χ2v) is 7.91. The number of amides is 1. The Labute approximate surface area is 193 Å². The molecule has 166 valence electrons. The number of carbonyl (C=O) groups is 2. The van der Waals surface area contributed by atoms with Gasteiger partial charge in [-0.05, 0) is 42.5 Å². The lowest BCUT2D eigenvalue weighted by atomic mass is 10.1. The largest absolute Gasteiger partial charge is 0.457 e. The summed E-state index contributed by atoms with van der Waals surface area (Å²) < 4.78 is 29.7. The Bertz CT molecular complexity index is 1260. The fraction of sp³-hybridized carbons (Fsp3) is 0.125. The molecule has 0 saturated heterocycles. The van der Waals surface area contributed by atoms with Crippen molar-refractivity contribution in [1.29, 1.82) is 5.26 Å². The summed E-state index contributed by atoms with van der Waals surface area (Å²) in [6, 6.07) is 17.5. The standard InChI is InChI=1S/C24H17FN2O5S/c25-19-7-5-15(11-26)9-16(19)12-30-24(29)18-3-1-2-4-22(18)33-13-23(28)27-17-6-8-20-21(10-17)32-14-31-20/h1-10H,12-14H2,(H,27,28). The Kier molecular flexibility index (Phi) is 6.76. The summed E-state index contributed by atoms with van der Waals surface area (Å²) in [6.45, 7) is -0.171. The Morgan fingerprint density at radius 1 is 1.09 bits per heavy atom. The van der Waals surface area contributed by atoms with Crippen molar-refractivity contribution < 1.29 is 28.2 Å². The van der Waals surface area contributed by atoms with E-state index < -0.39 is 11.8 Å². The fourth-order valence-electron chi connectivity index (χ4n) is 3.05. The average molecular weight is 464 g/mol. The van der Waals surface area contributed by atoms with Crippen LogP contribution in [0.3, 0.4) is 0 Å². The number of benzene rings is 3. The van der Waals surface area contributed by atoms with E-state index in [2.05, 4.69) is 5.32 Å². The van der Waals surface area contributed by atoms with E-state index in [1.165, 1.54) is 23.9 Å². The molecule has 1 amide bonds. The monoisotopic (exact) mass is 464 g/mol. The Morgan fingerprint density at radius 2 is 1.91 bits per heavy atom. The SMILES string of the molecule is N#Cc1ccc(F)c(COC(=O)c2ccccc2SCC(=O)Nc2ccc3c(c2)OCO3)c1. The molecule has 7 nitrogen and oxygen atoms in total. The van der Waals surface area contributed by atoms with E-state index >= 15 is 0 Å². The van der Waals surface area contributed by atoms with Gasteiger partial charge in [0.05, 0.1) is 22.9 Å². The Morgan fingerprint density at radius 3 is 2.76 bits per heavy atom. The van der Waals surface area contributed by atoms with Crippen LogP contribution < -0.4 is 14.8 Å². The van der Waals surface area contributed by atoms with Gasteiger partial charge in [0.1, 0.15) is 12.4 Å². The molecule has 0 bridgehead atoms. The second kappa shape index (κ2) is 10.1. The zero-order valence-corrected chi connectivity index (χ0v) is 18.0. The third kappa shape index (κ3) is 5.42. The molecule has 0 fully saturated rings. The summed E-state index contributed by atoms with van der Waals surface area (Å²) in [7, 11) is 0. The first-order valence-electron chi connectivity index (χ1n) is 9.80. The molecule has 0 saturated carbocycles. The number of thioether (sulfide) groups is 1. The van der Waals surface area contributed by atoms with E-state index in [-0.39, 0.29) is 41.8 Å². The van der Waals surface area contributed by atoms with Gasteiger partial charge >= 0.3 is 5.97 Å². The third-order valence-electron chi connectivity index (χ3n) is 4.66. The minimum Gasteiger partial charge on any atom is -0.457 e. The van der Waals surface area contributed by atoms with Crippen LogP contribution in [0.15, 0.2) is 65.6 Å². The first-order valence-corrected chi connectivity index (χ1v) is 10.8. The number of esters is 1. The number of halogens is 1. The van der Waals surface area contributed by atoms with Gasteiger partial charge < -0.3 is 19.5 Å². The number of anilines is 1. The van der Waals surface area contributed by atoms with Crippen LogP contribution >= 0.6 is 11.8 Å². The van der Waals surface area contributed by atoms with Crippen molar-refractivity contribution in [2.75, 3.05) is 17.9 Å². The summed E-state index contributed by atoms with van der Waals surface area (Å²) in [4.78, 5) is 25.5. The number of carbonyl (C=O) groups excluding carboxylic acids is 2. The van der Waals surface area contributed by atoms with Crippen LogP contribution in [0.5, 0.6) is 11.5 Å². The molecule has 3 aromatic carbocycles. The molecule has 1 N–H and O–H groups in total. The fourth-order valence-corrected chi connectivity index (χ4v) is 3.89. The van der Waals surface area contributed by atoms with Gasteiger partial charge in [-0.1, -0.05) is 12.1 Å². The Hall–Kier alpha value is -4.03. The van der Waals surface area contributed by atoms with E-state index in [1.54, 1.807) is 42.5 Å². The highest BCUT2D eigenvalue weighted by Gasteiger charge is 2.17. The molecule has 0 radical (unpaired) electrons. The van der Waals surface area contributed by atoms with E-state index in [1.807, 2.05) is 6.07 Å². The van der Waals surface area contributed by atoms with Gasteiger partial charge in [0.2, 0.25) is 12.7 Å². The van der Waals surface area contributed by atoms with Crippen molar-refractivity contribution >= 4 is 29.3 Å². The lowest BCUT2D eigenvalue weighted by Gasteiger charge is -2.10. The molecular weight excluding hydrogens is 447 g/mol. The van der Waals surface area contributed by atoms with Crippen molar-refractivity contribution in [3.05, 3.63) is 83.2 Å². The van der Waals surface area contributed by atoms with Crippen LogP contribution in [0.25, 0.3) is 0 Å². The van der Waals surface area contributed by atoms with Crippen molar-refractivity contribution in [3.8, 4) is 17.6 Å². The summed E-state index contributed by atoms with van der Waals surface area (Å²) in [6.07, 6.45) is 0. The van der Waals surface area contributed by atoms with Crippen LogP contribution in [0.1, 0.15) is 21.5 Å². The molecule has 0 unspecified atom stereocenters. The molecule has 1 aliphatic rings. The summed E-state index contributed by atoms with van der Waals surface area (Å²) >= 11 is 1.17. The minimum atomic E-state index is -0.656. The first kappa shape index (κ1) is 22.2. The van der Waals surface area contributed by atoms with Crippen molar-refractivity contribution in [3.63, 3.8) is 0 Å². The van der Waals surface area contributed by atoms with Crippen LogP contribution in [0.2, 0.25) is 0 Å². The quantitative estimate of drug-likeness (QED) is 0.406.